The number of hydrogen-bond donors (Lipinski definition) is 0. The molecule has 0 N–H and O–H groups in total. The van der Waals surface area contributed by atoms with Crippen LogP contribution in [0.25, 0.3) is 0 Å². The van der Waals surface area contributed by atoms with Crippen molar-refractivity contribution in [3.63, 3.8) is 0 Å². The van der Waals surface area contributed by atoms with Crippen molar-refractivity contribution < 1.29 is 23.9 Å². The largest absolute Gasteiger partial charge is 0.497 e. The highest BCUT2D eigenvalue weighted by molar-refractivity contribution is 7.17. The van der Waals surface area contributed by atoms with Gasteiger partial charge >= 0.3 is 0 Å². The molecule has 2 bridgehead atoms. The molecular formula is C27H25N3O5S. The van der Waals surface area contributed by atoms with Crippen LogP contribution in [0.4, 0.5) is 5.00 Å². The fourth-order valence-electron chi connectivity index (χ4n) is 7.38. The van der Waals surface area contributed by atoms with E-state index in [2.05, 4.69) is 11.2 Å². The summed E-state index contributed by atoms with van der Waals surface area (Å²) in [5.74, 6) is -0.0517. The van der Waals surface area contributed by atoms with E-state index >= 15 is 0 Å². The molecule has 3 aliphatic carbocycles. The minimum atomic E-state index is -0.415. The van der Waals surface area contributed by atoms with Crippen molar-refractivity contribution in [3.05, 3.63) is 39.8 Å². The third kappa shape index (κ3) is 2.71. The van der Waals surface area contributed by atoms with Crippen LogP contribution < -0.4 is 14.4 Å². The van der Waals surface area contributed by atoms with Crippen LogP contribution >= 0.6 is 11.3 Å². The van der Waals surface area contributed by atoms with Gasteiger partial charge < -0.3 is 14.3 Å². The van der Waals surface area contributed by atoms with Gasteiger partial charge in [0.25, 0.3) is 0 Å². The molecule has 2 aliphatic heterocycles. The van der Waals surface area contributed by atoms with Crippen LogP contribution in [-0.2, 0) is 27.3 Å². The molecule has 1 saturated heterocycles. The van der Waals surface area contributed by atoms with E-state index in [-0.39, 0.29) is 35.7 Å². The molecule has 2 saturated carbocycles. The molecule has 7 rings (SSSR count). The Morgan fingerprint density at radius 2 is 1.86 bits per heavy atom. The summed E-state index contributed by atoms with van der Waals surface area (Å²) >= 11 is 1.46. The number of benzene rings is 1. The van der Waals surface area contributed by atoms with Crippen LogP contribution in [0.2, 0.25) is 0 Å². The van der Waals surface area contributed by atoms with Gasteiger partial charge in [-0.2, -0.15) is 5.26 Å². The molecule has 9 heteroatoms. The molecule has 2 amide bonds. The van der Waals surface area contributed by atoms with Gasteiger partial charge in [0.05, 0.1) is 37.3 Å². The van der Waals surface area contributed by atoms with E-state index in [1.807, 2.05) is 18.2 Å². The highest BCUT2D eigenvalue weighted by atomic mass is 32.1. The normalized spacial score (nSPS) is 31.5. The lowest BCUT2D eigenvalue weighted by molar-refractivity contribution is -0.125. The van der Waals surface area contributed by atoms with Crippen LogP contribution in [0.3, 0.4) is 0 Å². The van der Waals surface area contributed by atoms with Crippen LogP contribution in [0.1, 0.15) is 40.8 Å². The van der Waals surface area contributed by atoms with Crippen molar-refractivity contribution in [2.75, 3.05) is 19.1 Å². The maximum atomic E-state index is 13.9. The van der Waals surface area contributed by atoms with E-state index in [1.54, 1.807) is 14.2 Å². The minimum absolute atomic E-state index is 0.0420. The average molecular weight is 504 g/mol. The zero-order valence-electron chi connectivity index (χ0n) is 20.0. The van der Waals surface area contributed by atoms with Crippen LogP contribution in [-0.4, -0.2) is 37.8 Å². The van der Waals surface area contributed by atoms with Crippen LogP contribution in [0, 0.1) is 40.9 Å². The molecular weight excluding hydrogens is 478 g/mol. The molecule has 5 aliphatic rings. The van der Waals surface area contributed by atoms with Crippen LogP contribution in [0.15, 0.2) is 23.4 Å². The predicted octanol–water partition coefficient (Wildman–Crippen LogP) is 3.69. The molecule has 3 heterocycles. The summed E-state index contributed by atoms with van der Waals surface area (Å²) in [6, 6.07) is 7.90. The molecule has 0 spiro atoms. The summed E-state index contributed by atoms with van der Waals surface area (Å²) in [6.07, 6.45) is 4.38. The van der Waals surface area contributed by atoms with Gasteiger partial charge in [0.1, 0.15) is 28.7 Å². The molecule has 0 unspecified atom stereocenters. The number of ether oxygens (including phenoxy) is 2. The summed E-state index contributed by atoms with van der Waals surface area (Å²) in [4.78, 5) is 36.1. The number of hydrogen-bond acceptors (Lipinski definition) is 8. The fourth-order valence-corrected chi connectivity index (χ4v) is 8.73. The van der Waals surface area contributed by atoms with Gasteiger partial charge in [-0.1, -0.05) is 5.16 Å². The van der Waals surface area contributed by atoms with Crippen molar-refractivity contribution >= 4 is 33.9 Å². The number of carbonyl (C=O) groups excluding carboxylic acids is 2. The first kappa shape index (κ1) is 21.9. The summed E-state index contributed by atoms with van der Waals surface area (Å²) in [5, 5.41) is 14.9. The molecule has 3 fully saturated rings. The number of rotatable bonds is 4. The number of fused-ring (bicyclic) bond motifs is 9. The lowest BCUT2D eigenvalue weighted by Gasteiger charge is -2.30. The van der Waals surface area contributed by atoms with Crippen molar-refractivity contribution in [3.8, 4) is 17.6 Å². The van der Waals surface area contributed by atoms with E-state index in [0.29, 0.717) is 22.1 Å². The number of amides is 2. The summed E-state index contributed by atoms with van der Waals surface area (Å²) < 4.78 is 11.0. The first-order valence-electron chi connectivity index (χ1n) is 12.5. The third-order valence-corrected chi connectivity index (χ3v) is 10.1. The van der Waals surface area contributed by atoms with E-state index < -0.39 is 11.8 Å². The topological polar surface area (TPSA) is 101 Å². The average Bonchev–Trinajstić information content (AvgIpc) is 3.69. The van der Waals surface area contributed by atoms with Crippen molar-refractivity contribution in [2.24, 2.45) is 34.7 Å². The Labute approximate surface area is 212 Å². The number of carbonyl (C=O) groups is 2. The Kier molecular flexibility index (Phi) is 4.74. The Bertz CT molecular complexity index is 1390. The van der Waals surface area contributed by atoms with Gasteiger partial charge in [0.15, 0.2) is 0 Å². The van der Waals surface area contributed by atoms with Gasteiger partial charge in [-0.3, -0.25) is 9.59 Å². The lowest BCUT2D eigenvalue weighted by Crippen LogP contribution is -2.41. The Morgan fingerprint density at radius 1 is 1.08 bits per heavy atom. The molecule has 0 radical (unpaired) electrons. The highest BCUT2D eigenvalue weighted by Crippen LogP contribution is 2.62. The van der Waals surface area contributed by atoms with Gasteiger partial charge in [-0.05, 0) is 55.7 Å². The molecule has 6 atom stereocenters. The van der Waals surface area contributed by atoms with Gasteiger partial charge in [0.2, 0.25) is 11.8 Å². The number of nitrogens with zero attached hydrogens (tertiary/aromatic N) is 3. The Hall–Kier alpha value is -3.38. The van der Waals surface area contributed by atoms with Crippen molar-refractivity contribution in [1.82, 2.24) is 0 Å². The van der Waals surface area contributed by atoms with Crippen molar-refractivity contribution in [1.29, 1.82) is 5.26 Å². The molecule has 36 heavy (non-hydrogen) atoms. The SMILES string of the molecule is COc1ccc(C2=NO[C@@H]3[C@H]4C[C@H]([C@H]5C(=O)N(c6sc7c(c6C#N)CCCC7)C(=O)[C@@H]45)[C@H]23)c(OC)c1. The van der Waals surface area contributed by atoms with Gasteiger partial charge in [-0.25, -0.2) is 4.90 Å². The maximum Gasteiger partial charge on any atom is 0.238 e. The molecule has 1 aromatic heterocycles. The Balaban J connectivity index is 1.24. The Morgan fingerprint density at radius 3 is 2.61 bits per heavy atom. The standard InChI is InChI=1S/C27H25N3O5S/c1-33-12-7-8-14(18(9-12)34-2)23-22-15-10-16(24(22)35-29-23)21-20(15)25(31)30(26(21)32)27-17(11-28)13-5-3-4-6-19(13)36-27/h7-9,15-16,20-22,24H,3-6,10H2,1-2H3/t15-,16+,20-,21+,22-,24-/m1/s1. The number of anilines is 1. The second-order valence-corrected chi connectivity index (χ2v) is 11.4. The number of thiophene rings is 1. The van der Waals surface area contributed by atoms with E-state index in [4.69, 9.17) is 14.3 Å². The second kappa shape index (κ2) is 7.81. The van der Waals surface area contributed by atoms with Gasteiger partial charge in [0, 0.05) is 28.3 Å². The third-order valence-electron chi connectivity index (χ3n) is 8.84. The number of aryl methyl sites for hydroxylation is 1. The number of oxime groups is 1. The van der Waals surface area contributed by atoms with Crippen molar-refractivity contribution in [2.45, 2.75) is 38.2 Å². The summed E-state index contributed by atoms with van der Waals surface area (Å²) in [5.41, 5.74) is 3.14. The molecule has 1 aromatic carbocycles. The maximum absolute atomic E-state index is 13.9. The lowest BCUT2D eigenvalue weighted by atomic mass is 9.71. The zero-order valence-corrected chi connectivity index (χ0v) is 20.8. The van der Waals surface area contributed by atoms with E-state index in [9.17, 15) is 14.9 Å². The minimum Gasteiger partial charge on any atom is -0.497 e. The molecule has 2 aromatic rings. The zero-order chi connectivity index (χ0) is 24.7. The molecule has 184 valence electrons. The first-order valence-corrected chi connectivity index (χ1v) is 13.3. The van der Waals surface area contributed by atoms with E-state index in [0.717, 1.165) is 53.8 Å². The van der Waals surface area contributed by atoms with Crippen LogP contribution in [0.5, 0.6) is 11.5 Å². The number of methoxy groups -OCH3 is 2. The summed E-state index contributed by atoms with van der Waals surface area (Å²) in [7, 11) is 3.21. The monoisotopic (exact) mass is 503 g/mol. The number of imide groups is 1. The highest BCUT2D eigenvalue weighted by Gasteiger charge is 2.71. The number of nitriles is 1. The predicted molar refractivity (Wildman–Crippen MR) is 131 cm³/mol. The van der Waals surface area contributed by atoms with E-state index in [1.165, 1.54) is 16.2 Å². The smallest absolute Gasteiger partial charge is 0.238 e. The molecule has 8 nitrogen and oxygen atoms in total. The fraction of sp³-hybridized carbons (Fsp3) is 0.481. The second-order valence-electron chi connectivity index (χ2n) is 10.3. The summed E-state index contributed by atoms with van der Waals surface area (Å²) in [6.45, 7) is 0. The quantitative estimate of drug-likeness (QED) is 0.590. The first-order chi connectivity index (χ1) is 17.6. The van der Waals surface area contributed by atoms with Gasteiger partial charge in [-0.15, -0.1) is 11.3 Å².